The number of fused-ring (bicyclic) bond motifs is 1. The Labute approximate surface area is 250 Å². The number of ether oxygens (including phenoxy) is 2. The van der Waals surface area contributed by atoms with Crippen LogP contribution < -0.4 is 10.6 Å². The fourth-order valence-electron chi connectivity index (χ4n) is 6.90. The van der Waals surface area contributed by atoms with Gasteiger partial charge in [0.1, 0.15) is 12.1 Å². The molecule has 42 heavy (non-hydrogen) atoms. The molecular formula is C33H49N3O6. The molecule has 0 spiro atoms. The molecule has 2 fully saturated rings. The van der Waals surface area contributed by atoms with Crippen LogP contribution in [0.2, 0.25) is 0 Å². The molecule has 2 aliphatic carbocycles. The number of allylic oxidation sites excluding steroid dienone is 4. The third-order valence-electron chi connectivity index (χ3n) is 9.23. The molecule has 3 atom stereocenters. The van der Waals surface area contributed by atoms with E-state index in [9.17, 15) is 19.2 Å². The Kier molecular flexibility index (Phi) is 10.9. The van der Waals surface area contributed by atoms with E-state index in [4.69, 9.17) is 9.47 Å². The van der Waals surface area contributed by atoms with Crippen LogP contribution in [0.5, 0.6) is 0 Å². The standard InChI is InChI=1S/C33H49N3O6/c1-5-23-19-22(20-26-25(23)15-17-34-29(26)37)11-9-16-33(3,4)21-42-32(40)35-28(24-12-7-8-13-24)30(38)36-18-10-14-27(36)31(39)41-6-2/h15,17,19,24,26-28H,5-14,16,18,20-21H2,1-4H3,(H,34,37)(H,35,40). The topological polar surface area (TPSA) is 114 Å². The van der Waals surface area contributed by atoms with Crippen LogP contribution in [-0.4, -0.2) is 60.6 Å². The molecule has 0 aromatic rings. The van der Waals surface area contributed by atoms with Crippen molar-refractivity contribution in [3.63, 3.8) is 0 Å². The number of nitrogens with zero attached hydrogens (tertiary/aromatic N) is 1. The highest BCUT2D eigenvalue weighted by molar-refractivity contribution is 5.90. The van der Waals surface area contributed by atoms with Gasteiger partial charge < -0.3 is 25.0 Å². The summed E-state index contributed by atoms with van der Waals surface area (Å²) >= 11 is 0. The largest absolute Gasteiger partial charge is 0.464 e. The van der Waals surface area contributed by atoms with E-state index in [1.807, 2.05) is 6.08 Å². The van der Waals surface area contributed by atoms with Crippen LogP contribution in [0.1, 0.15) is 98.3 Å². The van der Waals surface area contributed by atoms with Crippen molar-refractivity contribution < 1.29 is 28.7 Å². The first-order valence-corrected chi connectivity index (χ1v) is 15.9. The van der Waals surface area contributed by atoms with Gasteiger partial charge in [0.05, 0.1) is 19.1 Å². The van der Waals surface area contributed by atoms with Crippen LogP contribution in [0, 0.1) is 17.3 Å². The van der Waals surface area contributed by atoms with Crippen LogP contribution in [0.15, 0.2) is 35.1 Å². The van der Waals surface area contributed by atoms with E-state index < -0.39 is 18.2 Å². The SMILES string of the molecule is CCOC(=O)C1CCCN1C(=O)C(NC(=O)OCC(C)(C)CCCC1=CC(CC)=C2C=CNC(=O)C2C1)C1CCCC1. The lowest BCUT2D eigenvalue weighted by atomic mass is 9.78. The average Bonchev–Trinajstić information content (AvgIpc) is 3.68. The molecule has 232 valence electrons. The predicted octanol–water partition coefficient (Wildman–Crippen LogP) is 5.32. The quantitative estimate of drug-likeness (QED) is 0.301. The van der Waals surface area contributed by atoms with Gasteiger partial charge in [0.15, 0.2) is 0 Å². The van der Waals surface area contributed by atoms with Gasteiger partial charge in [-0.05, 0) is 93.3 Å². The predicted molar refractivity (Wildman–Crippen MR) is 160 cm³/mol. The van der Waals surface area contributed by atoms with E-state index in [-0.39, 0.29) is 48.2 Å². The van der Waals surface area contributed by atoms with Gasteiger partial charge in [-0.25, -0.2) is 9.59 Å². The molecule has 1 saturated carbocycles. The smallest absolute Gasteiger partial charge is 0.407 e. The van der Waals surface area contributed by atoms with Crippen LogP contribution in [0.25, 0.3) is 0 Å². The minimum atomic E-state index is -0.700. The molecular weight excluding hydrogens is 534 g/mol. The molecule has 2 heterocycles. The van der Waals surface area contributed by atoms with E-state index >= 15 is 0 Å². The second-order valence-corrected chi connectivity index (χ2v) is 12.9. The molecule has 0 bridgehead atoms. The summed E-state index contributed by atoms with van der Waals surface area (Å²) in [5.41, 5.74) is 3.42. The van der Waals surface area contributed by atoms with E-state index in [0.717, 1.165) is 69.8 Å². The molecule has 4 aliphatic rings. The van der Waals surface area contributed by atoms with Crippen molar-refractivity contribution in [2.24, 2.45) is 17.3 Å². The maximum Gasteiger partial charge on any atom is 0.407 e. The number of esters is 1. The molecule has 9 heteroatoms. The maximum atomic E-state index is 13.6. The Morgan fingerprint density at radius 1 is 1.12 bits per heavy atom. The van der Waals surface area contributed by atoms with Crippen LogP contribution in [-0.2, 0) is 23.9 Å². The Hall–Kier alpha value is -3.10. The summed E-state index contributed by atoms with van der Waals surface area (Å²) in [6.45, 7) is 9.04. The van der Waals surface area contributed by atoms with E-state index in [0.29, 0.717) is 13.0 Å². The summed E-state index contributed by atoms with van der Waals surface area (Å²) in [4.78, 5) is 53.2. The van der Waals surface area contributed by atoms with E-state index in [1.54, 1.807) is 18.0 Å². The first-order valence-electron chi connectivity index (χ1n) is 15.9. The maximum absolute atomic E-state index is 13.6. The number of carbonyl (C=O) groups excluding carboxylic acids is 4. The van der Waals surface area contributed by atoms with Crippen molar-refractivity contribution in [2.45, 2.75) is 110 Å². The molecule has 9 nitrogen and oxygen atoms in total. The second kappa shape index (κ2) is 14.4. The van der Waals surface area contributed by atoms with E-state index in [2.05, 4.69) is 37.5 Å². The van der Waals surface area contributed by atoms with Gasteiger partial charge in [-0.1, -0.05) is 45.3 Å². The second-order valence-electron chi connectivity index (χ2n) is 12.9. The Morgan fingerprint density at radius 2 is 1.88 bits per heavy atom. The lowest BCUT2D eigenvalue weighted by Gasteiger charge is -2.31. The molecule has 2 aliphatic heterocycles. The summed E-state index contributed by atoms with van der Waals surface area (Å²) in [6.07, 6.45) is 14.9. The first kappa shape index (κ1) is 31.8. The van der Waals surface area contributed by atoms with Gasteiger partial charge in [0.2, 0.25) is 11.8 Å². The summed E-state index contributed by atoms with van der Waals surface area (Å²) in [5, 5.41) is 5.73. The number of hydrogen-bond acceptors (Lipinski definition) is 6. The van der Waals surface area contributed by atoms with Crippen LogP contribution in [0.3, 0.4) is 0 Å². The number of alkyl carbamates (subject to hydrolysis) is 1. The molecule has 2 N–H and O–H groups in total. The molecule has 0 aromatic carbocycles. The van der Waals surface area contributed by atoms with Crippen LogP contribution in [0.4, 0.5) is 4.79 Å². The Morgan fingerprint density at radius 3 is 2.60 bits per heavy atom. The molecule has 3 unspecified atom stereocenters. The van der Waals surface area contributed by atoms with Crippen molar-refractivity contribution in [2.75, 3.05) is 19.8 Å². The van der Waals surface area contributed by atoms with Gasteiger partial charge in [0, 0.05) is 12.7 Å². The highest BCUT2D eigenvalue weighted by atomic mass is 16.5. The number of likely N-dealkylation sites (tertiary alicyclic amines) is 1. The highest BCUT2D eigenvalue weighted by Crippen LogP contribution is 2.37. The number of nitrogens with one attached hydrogen (secondary N) is 2. The zero-order valence-corrected chi connectivity index (χ0v) is 25.8. The zero-order valence-electron chi connectivity index (χ0n) is 25.8. The lowest BCUT2D eigenvalue weighted by Crippen LogP contribution is -2.54. The third kappa shape index (κ3) is 7.84. The van der Waals surface area contributed by atoms with Crippen molar-refractivity contribution in [1.29, 1.82) is 0 Å². The minimum absolute atomic E-state index is 0.0367. The Balaban J connectivity index is 1.29. The number of hydrogen-bond donors (Lipinski definition) is 2. The van der Waals surface area contributed by atoms with Gasteiger partial charge in [-0.15, -0.1) is 0 Å². The fourth-order valence-corrected chi connectivity index (χ4v) is 6.90. The number of carbonyl (C=O) groups is 4. The van der Waals surface area contributed by atoms with Gasteiger partial charge in [0.25, 0.3) is 0 Å². The summed E-state index contributed by atoms with van der Waals surface area (Å²) < 4.78 is 10.9. The van der Waals surface area contributed by atoms with Crippen molar-refractivity contribution >= 4 is 23.9 Å². The molecule has 0 aromatic heterocycles. The molecule has 3 amide bonds. The fraction of sp³-hybridized carbons (Fsp3) is 0.697. The molecule has 4 rings (SSSR count). The van der Waals surface area contributed by atoms with Gasteiger partial charge >= 0.3 is 12.1 Å². The van der Waals surface area contributed by atoms with E-state index in [1.165, 1.54) is 11.1 Å². The normalized spacial score (nSPS) is 23.3. The summed E-state index contributed by atoms with van der Waals surface area (Å²) in [7, 11) is 0. The lowest BCUT2D eigenvalue weighted by molar-refractivity contribution is -0.154. The summed E-state index contributed by atoms with van der Waals surface area (Å²) in [5.74, 6) is -0.578. The Bertz CT molecular complexity index is 1120. The minimum Gasteiger partial charge on any atom is -0.464 e. The molecule has 0 radical (unpaired) electrons. The third-order valence-corrected chi connectivity index (χ3v) is 9.23. The van der Waals surface area contributed by atoms with Crippen LogP contribution >= 0.6 is 0 Å². The van der Waals surface area contributed by atoms with Crippen molar-refractivity contribution in [3.05, 3.63) is 35.1 Å². The van der Waals surface area contributed by atoms with Gasteiger partial charge in [-0.3, -0.25) is 9.59 Å². The number of rotatable bonds is 12. The monoisotopic (exact) mass is 583 g/mol. The van der Waals surface area contributed by atoms with Crippen molar-refractivity contribution in [1.82, 2.24) is 15.5 Å². The van der Waals surface area contributed by atoms with Gasteiger partial charge in [-0.2, -0.15) is 0 Å². The number of amides is 3. The highest BCUT2D eigenvalue weighted by Gasteiger charge is 2.42. The summed E-state index contributed by atoms with van der Waals surface area (Å²) in [6, 6.07) is -1.29. The van der Waals surface area contributed by atoms with Crippen molar-refractivity contribution in [3.8, 4) is 0 Å². The average molecular weight is 584 g/mol. The first-order chi connectivity index (χ1) is 20.1. The molecule has 1 saturated heterocycles. The zero-order chi connectivity index (χ0) is 30.3.